The molecule has 0 aliphatic carbocycles. The van der Waals surface area contributed by atoms with Gasteiger partial charge in [-0.3, -0.25) is 4.79 Å². The first-order valence-electron chi connectivity index (χ1n) is 7.69. The summed E-state index contributed by atoms with van der Waals surface area (Å²) in [7, 11) is 0. The van der Waals surface area contributed by atoms with Crippen LogP contribution in [-0.2, 0) is 6.42 Å². The van der Waals surface area contributed by atoms with Gasteiger partial charge in [0.05, 0.1) is 17.7 Å². The van der Waals surface area contributed by atoms with E-state index in [1.807, 2.05) is 11.0 Å². The minimum atomic E-state index is -0.0294. The first-order chi connectivity index (χ1) is 11.8. The van der Waals surface area contributed by atoms with Crippen LogP contribution in [0.25, 0.3) is 0 Å². The van der Waals surface area contributed by atoms with Crippen LogP contribution in [0, 0.1) is 11.3 Å². The third-order valence-electron chi connectivity index (χ3n) is 4.28. The van der Waals surface area contributed by atoms with Crippen molar-refractivity contribution in [3.8, 4) is 6.07 Å². The first kappa shape index (κ1) is 15.1. The molecule has 4 rings (SSSR count). The SMILES string of the molecule is N#Cc1cccc(C(=O)N2CCc3sccc3[C@@H]2c2cccs2)c1. The summed E-state index contributed by atoms with van der Waals surface area (Å²) in [6.07, 6.45) is 0.887. The molecule has 118 valence electrons. The van der Waals surface area contributed by atoms with Gasteiger partial charge < -0.3 is 4.90 Å². The number of hydrogen-bond acceptors (Lipinski definition) is 4. The van der Waals surface area contributed by atoms with Crippen LogP contribution in [-0.4, -0.2) is 17.4 Å². The van der Waals surface area contributed by atoms with Gasteiger partial charge in [-0.05, 0) is 53.1 Å². The van der Waals surface area contributed by atoms with Crippen molar-refractivity contribution < 1.29 is 4.79 Å². The summed E-state index contributed by atoms with van der Waals surface area (Å²) >= 11 is 3.44. The largest absolute Gasteiger partial charge is 0.326 e. The average molecular weight is 350 g/mol. The van der Waals surface area contributed by atoms with Gasteiger partial charge in [0.1, 0.15) is 0 Å². The Hall–Kier alpha value is -2.42. The number of amides is 1. The second-order valence-electron chi connectivity index (χ2n) is 5.66. The number of rotatable bonds is 2. The normalized spacial score (nSPS) is 16.5. The van der Waals surface area contributed by atoms with Crippen molar-refractivity contribution in [3.05, 3.63) is 79.7 Å². The summed E-state index contributed by atoms with van der Waals surface area (Å²) < 4.78 is 0. The monoisotopic (exact) mass is 350 g/mol. The molecule has 3 nitrogen and oxygen atoms in total. The van der Waals surface area contributed by atoms with Crippen LogP contribution in [0.1, 0.15) is 37.3 Å². The second kappa shape index (κ2) is 6.23. The molecule has 1 amide bonds. The number of benzene rings is 1. The molecule has 1 aliphatic heterocycles. The maximum Gasteiger partial charge on any atom is 0.254 e. The Bertz CT molecular complexity index is 921. The Morgan fingerprint density at radius 2 is 2.08 bits per heavy atom. The first-order valence-corrected chi connectivity index (χ1v) is 9.44. The third-order valence-corrected chi connectivity index (χ3v) is 6.20. The van der Waals surface area contributed by atoms with E-state index in [0.717, 1.165) is 6.42 Å². The summed E-state index contributed by atoms with van der Waals surface area (Å²) in [5.74, 6) is -0.0117. The molecule has 1 aromatic carbocycles. The van der Waals surface area contributed by atoms with Crippen molar-refractivity contribution in [3.63, 3.8) is 0 Å². The number of nitriles is 1. The second-order valence-corrected chi connectivity index (χ2v) is 7.64. The molecule has 1 atom stereocenters. The van der Waals surface area contributed by atoms with E-state index in [2.05, 4.69) is 29.0 Å². The van der Waals surface area contributed by atoms with Gasteiger partial charge in [0, 0.05) is 21.9 Å². The fourth-order valence-electron chi connectivity index (χ4n) is 3.18. The van der Waals surface area contributed by atoms with Crippen molar-refractivity contribution >= 4 is 28.6 Å². The third kappa shape index (κ3) is 2.54. The van der Waals surface area contributed by atoms with Crippen molar-refractivity contribution in [2.24, 2.45) is 0 Å². The number of nitrogens with zero attached hydrogens (tertiary/aromatic N) is 2. The van der Waals surface area contributed by atoms with Crippen LogP contribution >= 0.6 is 22.7 Å². The topological polar surface area (TPSA) is 44.1 Å². The van der Waals surface area contributed by atoms with E-state index in [-0.39, 0.29) is 11.9 Å². The summed E-state index contributed by atoms with van der Waals surface area (Å²) in [6, 6.07) is 15.3. The van der Waals surface area contributed by atoms with Gasteiger partial charge in [0.2, 0.25) is 0 Å². The standard InChI is InChI=1S/C19H14N2OS2/c20-12-13-3-1-4-14(11-13)19(22)21-8-6-16-15(7-10-24-16)18(21)17-5-2-9-23-17/h1-5,7,9-11,18H,6,8H2/t18-/m1/s1. The molecular weight excluding hydrogens is 336 g/mol. The van der Waals surface area contributed by atoms with Gasteiger partial charge >= 0.3 is 0 Å². The minimum Gasteiger partial charge on any atom is -0.326 e. The predicted octanol–water partition coefficient (Wildman–Crippen LogP) is 4.47. The molecule has 5 heteroatoms. The maximum absolute atomic E-state index is 13.1. The van der Waals surface area contributed by atoms with Crippen LogP contribution in [0.15, 0.2) is 53.2 Å². The Morgan fingerprint density at radius 1 is 1.17 bits per heavy atom. The van der Waals surface area contributed by atoms with E-state index in [0.29, 0.717) is 17.7 Å². The van der Waals surface area contributed by atoms with E-state index in [1.165, 1.54) is 15.3 Å². The summed E-state index contributed by atoms with van der Waals surface area (Å²) in [5.41, 5.74) is 2.33. The Labute approximate surface area is 148 Å². The van der Waals surface area contributed by atoms with Gasteiger partial charge in [-0.25, -0.2) is 0 Å². The molecule has 0 bridgehead atoms. The number of thiophene rings is 2. The molecule has 0 fully saturated rings. The molecule has 0 saturated heterocycles. The van der Waals surface area contributed by atoms with Crippen molar-refractivity contribution in [1.29, 1.82) is 5.26 Å². The van der Waals surface area contributed by atoms with Crippen LogP contribution in [0.5, 0.6) is 0 Å². The fraction of sp³-hybridized carbons (Fsp3) is 0.158. The predicted molar refractivity (Wildman–Crippen MR) is 96.4 cm³/mol. The molecule has 0 unspecified atom stereocenters. The quantitative estimate of drug-likeness (QED) is 0.684. The molecule has 1 aliphatic rings. The lowest BCUT2D eigenvalue weighted by Gasteiger charge is -2.35. The van der Waals surface area contributed by atoms with Gasteiger partial charge in [-0.1, -0.05) is 12.1 Å². The zero-order valence-electron chi connectivity index (χ0n) is 12.8. The van der Waals surface area contributed by atoms with Crippen molar-refractivity contribution in [2.45, 2.75) is 12.5 Å². The summed E-state index contributed by atoms with van der Waals surface area (Å²) in [4.78, 5) is 17.6. The van der Waals surface area contributed by atoms with Gasteiger partial charge in [0.15, 0.2) is 0 Å². The highest BCUT2D eigenvalue weighted by atomic mass is 32.1. The molecule has 2 aromatic heterocycles. The van der Waals surface area contributed by atoms with E-state index in [4.69, 9.17) is 5.26 Å². The van der Waals surface area contributed by atoms with Gasteiger partial charge in [-0.2, -0.15) is 5.26 Å². The summed E-state index contributed by atoms with van der Waals surface area (Å²) in [6.45, 7) is 0.700. The Balaban J connectivity index is 1.76. The van der Waals surface area contributed by atoms with Gasteiger partial charge in [0.25, 0.3) is 5.91 Å². The fourth-order valence-corrected chi connectivity index (χ4v) is 4.93. The number of carbonyl (C=O) groups is 1. The number of hydrogen-bond donors (Lipinski definition) is 0. The highest BCUT2D eigenvalue weighted by molar-refractivity contribution is 7.10. The molecule has 0 radical (unpaired) electrons. The molecule has 0 spiro atoms. The zero-order valence-corrected chi connectivity index (χ0v) is 14.4. The zero-order chi connectivity index (χ0) is 16.5. The van der Waals surface area contributed by atoms with E-state index in [1.54, 1.807) is 46.9 Å². The minimum absolute atomic E-state index is 0.0117. The maximum atomic E-state index is 13.1. The average Bonchev–Trinajstić information content (AvgIpc) is 3.31. The van der Waals surface area contributed by atoms with E-state index < -0.39 is 0 Å². The lowest BCUT2D eigenvalue weighted by molar-refractivity contribution is 0.0698. The lowest BCUT2D eigenvalue weighted by Crippen LogP contribution is -2.39. The van der Waals surface area contributed by atoms with Crippen LogP contribution < -0.4 is 0 Å². The van der Waals surface area contributed by atoms with E-state index >= 15 is 0 Å². The molecule has 24 heavy (non-hydrogen) atoms. The highest BCUT2D eigenvalue weighted by Gasteiger charge is 2.33. The van der Waals surface area contributed by atoms with Crippen LogP contribution in [0.3, 0.4) is 0 Å². The Morgan fingerprint density at radius 3 is 2.88 bits per heavy atom. The molecular formula is C19H14N2OS2. The number of fused-ring (bicyclic) bond motifs is 1. The van der Waals surface area contributed by atoms with Crippen LogP contribution in [0.4, 0.5) is 0 Å². The van der Waals surface area contributed by atoms with Gasteiger partial charge in [-0.15, -0.1) is 22.7 Å². The molecule has 3 aromatic rings. The summed E-state index contributed by atoms with van der Waals surface area (Å²) in [5, 5.41) is 13.2. The van der Waals surface area contributed by atoms with Crippen molar-refractivity contribution in [1.82, 2.24) is 4.90 Å². The smallest absolute Gasteiger partial charge is 0.254 e. The molecule has 3 heterocycles. The Kier molecular flexibility index (Phi) is 3.93. The number of carbonyl (C=O) groups excluding carboxylic acids is 1. The highest BCUT2D eigenvalue weighted by Crippen LogP contribution is 2.40. The van der Waals surface area contributed by atoms with E-state index in [9.17, 15) is 4.79 Å². The molecule has 0 saturated carbocycles. The van der Waals surface area contributed by atoms with Crippen molar-refractivity contribution in [2.75, 3.05) is 6.54 Å². The lowest BCUT2D eigenvalue weighted by atomic mass is 9.97. The molecule has 0 N–H and O–H groups in total. The van der Waals surface area contributed by atoms with Crippen LogP contribution in [0.2, 0.25) is 0 Å².